The zero-order valence-corrected chi connectivity index (χ0v) is 40.0. The number of esters is 1. The van der Waals surface area contributed by atoms with Gasteiger partial charge in [0.25, 0.3) is 17.4 Å². The van der Waals surface area contributed by atoms with Crippen molar-refractivity contribution in [2.75, 3.05) is 39.4 Å². The van der Waals surface area contributed by atoms with Crippen LogP contribution in [0.2, 0.25) is 0 Å². The van der Waals surface area contributed by atoms with Gasteiger partial charge in [0.2, 0.25) is 17.7 Å². The van der Waals surface area contributed by atoms with E-state index in [-0.39, 0.29) is 138 Å². The third-order valence-corrected chi connectivity index (χ3v) is 13.7. The van der Waals surface area contributed by atoms with E-state index in [2.05, 4.69) is 16.0 Å². The molecule has 0 fully saturated rings. The molecule has 2 atom stereocenters. The summed E-state index contributed by atoms with van der Waals surface area (Å²) in [7, 11) is 0. The number of Topliss-reactive ketones (excluding diaryl/α,β-unsaturated/α-hetero) is 3. The van der Waals surface area contributed by atoms with E-state index >= 15 is 0 Å². The molecule has 5 amide bonds. The first kappa shape index (κ1) is 50.9. The summed E-state index contributed by atoms with van der Waals surface area (Å²) in [5.41, 5.74) is 4.61. The van der Waals surface area contributed by atoms with Crippen molar-refractivity contribution in [1.82, 2.24) is 30.4 Å². The first-order valence-corrected chi connectivity index (χ1v) is 24.3. The quantitative estimate of drug-likeness (QED) is 0.0391. The molecule has 4 aliphatic rings. The molecule has 1 aliphatic carbocycles. The van der Waals surface area contributed by atoms with Gasteiger partial charge in [0.1, 0.15) is 12.4 Å². The number of imide groups is 1. The van der Waals surface area contributed by atoms with Crippen LogP contribution in [0, 0.1) is 5.92 Å². The topological polar surface area (TPSA) is 267 Å². The van der Waals surface area contributed by atoms with Crippen molar-refractivity contribution in [3.8, 4) is 11.4 Å². The summed E-state index contributed by atoms with van der Waals surface area (Å²) in [5.74, 6) is -4.80. The van der Waals surface area contributed by atoms with Gasteiger partial charge in [-0.3, -0.25) is 48.1 Å². The molecular weight excluding hydrogens is 929 g/mol. The molecule has 2 aromatic carbocycles. The van der Waals surface area contributed by atoms with E-state index in [9.17, 15) is 53.1 Å². The van der Waals surface area contributed by atoms with Gasteiger partial charge in [-0.15, -0.1) is 0 Å². The van der Waals surface area contributed by atoms with Crippen LogP contribution < -0.4 is 21.5 Å². The van der Waals surface area contributed by atoms with E-state index in [0.717, 1.165) is 63.1 Å². The number of aliphatic hydroxyl groups is 1. The Labute approximate surface area is 413 Å². The number of hydrogen-bond donors (Lipinski definition) is 4. The van der Waals surface area contributed by atoms with E-state index in [1.807, 2.05) is 42.5 Å². The van der Waals surface area contributed by atoms with Crippen molar-refractivity contribution in [3.63, 3.8) is 0 Å². The van der Waals surface area contributed by atoms with Crippen LogP contribution in [-0.2, 0) is 97.1 Å². The van der Waals surface area contributed by atoms with Gasteiger partial charge in [-0.2, -0.15) is 0 Å². The largest absolute Gasteiger partial charge is 0.458 e. The van der Waals surface area contributed by atoms with E-state index in [0.29, 0.717) is 23.3 Å². The summed E-state index contributed by atoms with van der Waals surface area (Å²) < 4.78 is 12.2. The highest BCUT2D eigenvalue weighted by atomic mass is 16.6. The van der Waals surface area contributed by atoms with Crippen LogP contribution in [-0.4, -0.2) is 112 Å². The van der Waals surface area contributed by atoms with Crippen LogP contribution in [0.5, 0.6) is 0 Å². The second kappa shape index (κ2) is 22.3. The molecule has 8 rings (SSSR count). The Bertz CT molecular complexity index is 2960. The van der Waals surface area contributed by atoms with E-state index < -0.39 is 46.9 Å². The van der Waals surface area contributed by atoms with Crippen LogP contribution in [0.1, 0.15) is 90.8 Å². The first-order valence-electron chi connectivity index (χ1n) is 24.3. The molecule has 3 aliphatic heterocycles. The molecule has 0 bridgehead atoms. The number of ether oxygens (including phenoxy) is 2. The number of aromatic nitrogens is 2. The van der Waals surface area contributed by atoms with Crippen molar-refractivity contribution in [2.24, 2.45) is 5.92 Å². The summed E-state index contributed by atoms with van der Waals surface area (Å²) in [6.07, 6.45) is 4.34. The molecule has 19 heteroatoms. The predicted octanol–water partition coefficient (Wildman–Crippen LogP) is 1.92. The molecule has 0 saturated carbocycles. The number of ketones is 3. The maximum Gasteiger partial charge on any atom is 0.343 e. The molecule has 376 valence electrons. The number of aryl methyl sites for hydroxylation is 2. The molecule has 0 spiro atoms. The molecule has 4 N–H and O–H groups in total. The smallest absolute Gasteiger partial charge is 0.343 e. The molecule has 5 heterocycles. The number of carbonyl (C=O) groups excluding carboxylic acids is 9. The molecule has 72 heavy (non-hydrogen) atoms. The number of carbonyl (C=O) groups is 9. The Morgan fingerprint density at radius 1 is 0.806 bits per heavy atom. The van der Waals surface area contributed by atoms with Crippen LogP contribution in [0.25, 0.3) is 22.3 Å². The first-order chi connectivity index (χ1) is 34.6. The second-order valence-electron chi connectivity index (χ2n) is 18.5. The van der Waals surface area contributed by atoms with Crippen LogP contribution in [0.15, 0.2) is 65.5 Å². The molecule has 0 saturated heterocycles. The highest BCUT2D eigenvalue weighted by Crippen LogP contribution is 2.43. The van der Waals surface area contributed by atoms with Gasteiger partial charge in [0, 0.05) is 86.2 Å². The molecule has 19 nitrogen and oxygen atoms in total. The Morgan fingerprint density at radius 2 is 1.54 bits per heavy atom. The van der Waals surface area contributed by atoms with Crippen molar-refractivity contribution in [2.45, 2.75) is 96.3 Å². The second-order valence-corrected chi connectivity index (χ2v) is 18.5. The maximum atomic E-state index is 13.8. The Hall–Kier alpha value is -7.51. The number of nitrogens with zero attached hydrogens (tertiary/aromatic N) is 3. The van der Waals surface area contributed by atoms with E-state index in [1.54, 1.807) is 17.6 Å². The van der Waals surface area contributed by atoms with Crippen molar-refractivity contribution in [1.29, 1.82) is 0 Å². The number of pyridine rings is 2. The maximum absolute atomic E-state index is 13.8. The summed E-state index contributed by atoms with van der Waals surface area (Å²) in [5, 5.41) is 20.1. The van der Waals surface area contributed by atoms with E-state index in [4.69, 9.17) is 14.5 Å². The minimum absolute atomic E-state index is 0.0336. The third-order valence-electron chi connectivity index (χ3n) is 13.7. The van der Waals surface area contributed by atoms with Crippen molar-refractivity contribution >= 4 is 63.8 Å². The Balaban J connectivity index is 0.806. The molecular formula is C53H56N6O13. The number of nitrogens with one attached hydrogen (secondary N) is 3. The summed E-state index contributed by atoms with van der Waals surface area (Å²) >= 11 is 0. The molecule has 0 unspecified atom stereocenters. The fraction of sp³-hybridized carbons (Fsp3) is 0.415. The number of fused-ring (bicyclic) bond motifs is 5. The van der Waals surface area contributed by atoms with Crippen molar-refractivity contribution in [3.05, 3.63) is 110 Å². The lowest BCUT2D eigenvalue weighted by Gasteiger charge is -2.31. The minimum atomic E-state index is -1.94. The van der Waals surface area contributed by atoms with Gasteiger partial charge in [0.15, 0.2) is 17.2 Å². The molecule has 4 aromatic rings. The van der Waals surface area contributed by atoms with Gasteiger partial charge in [-0.05, 0) is 66.5 Å². The van der Waals surface area contributed by atoms with Gasteiger partial charge in [-0.1, -0.05) is 43.3 Å². The van der Waals surface area contributed by atoms with Gasteiger partial charge in [0.05, 0.1) is 55.3 Å². The van der Waals surface area contributed by atoms with Gasteiger partial charge in [-0.25, -0.2) is 9.78 Å². The van der Waals surface area contributed by atoms with Crippen LogP contribution in [0.3, 0.4) is 0 Å². The lowest BCUT2D eigenvalue weighted by Crippen LogP contribution is -2.44. The zero-order valence-electron chi connectivity index (χ0n) is 40.0. The standard InChI is InChI=1S/C53H56N6O13/c1-2-53(70)41-26-43-49-39(29-59(43)51(68)40(41)30-72-52(53)69)38-10-6-9-37-32(11-13-42(57-49)48(37)38)24-35(61)28-56-50(67)33(23-31-7-4-3-5-8-31)25-36(62)27-55-44(63)14-12-34(60)18-21-71-22-19-54-45(64)17-20-58-46(65)15-16-47(58)66/h3-5,7-8,11,13,15-16,26,33,70H,2,6,9-10,12,14,17-25,27-30H2,1H3,(H,54,64)(H,55,63)(H,56,67)/t33-,53+/m1/s1. The highest BCUT2D eigenvalue weighted by Gasteiger charge is 2.45. The third kappa shape index (κ3) is 11.2. The summed E-state index contributed by atoms with van der Waals surface area (Å²) in [6.45, 7) is 1.40. The average molecular weight is 985 g/mol. The fourth-order valence-corrected chi connectivity index (χ4v) is 9.83. The van der Waals surface area contributed by atoms with Gasteiger partial charge < -0.3 is 35.1 Å². The molecule has 2 aromatic heterocycles. The number of rotatable bonds is 24. The number of benzene rings is 2. The van der Waals surface area contributed by atoms with Gasteiger partial charge >= 0.3 is 5.97 Å². The number of hydrogen-bond acceptors (Lipinski definition) is 14. The van der Waals surface area contributed by atoms with E-state index in [1.165, 1.54) is 0 Å². The number of cyclic esters (lactones) is 1. The Morgan fingerprint density at radius 3 is 2.31 bits per heavy atom. The molecule has 0 radical (unpaired) electrons. The average Bonchev–Trinajstić information content (AvgIpc) is 3.92. The minimum Gasteiger partial charge on any atom is -0.458 e. The summed E-state index contributed by atoms with van der Waals surface area (Å²) in [6, 6.07) is 14.5. The van der Waals surface area contributed by atoms with Crippen LogP contribution in [0.4, 0.5) is 0 Å². The fourth-order valence-electron chi connectivity index (χ4n) is 9.83. The Kier molecular flexibility index (Phi) is 15.7. The summed E-state index contributed by atoms with van der Waals surface area (Å²) in [4.78, 5) is 133. The zero-order chi connectivity index (χ0) is 51.1. The van der Waals surface area contributed by atoms with Crippen molar-refractivity contribution < 1.29 is 57.7 Å². The lowest BCUT2D eigenvalue weighted by atomic mass is 9.83. The number of amides is 5. The SMILES string of the molecule is CC[C@@]1(O)C(=O)OCc2c1cc1n(c2=O)Cc2c-1nc1ccc(CC(=O)CNC(=O)[C@@H](CC(=O)CNC(=O)CCC(=O)CCOCCNC(=O)CCN3C(=O)C=CC3=O)Cc3ccccc3)c3c1c2CCC3. The predicted molar refractivity (Wildman–Crippen MR) is 258 cm³/mol. The lowest BCUT2D eigenvalue weighted by molar-refractivity contribution is -0.172. The monoisotopic (exact) mass is 984 g/mol. The van der Waals surface area contributed by atoms with Crippen LogP contribution >= 0.6 is 0 Å². The highest BCUT2D eigenvalue weighted by molar-refractivity contribution is 6.13. The normalized spacial score (nSPS) is 16.7.